The zero-order valence-electron chi connectivity index (χ0n) is 15.2. The number of benzene rings is 2. The zero-order valence-corrected chi connectivity index (χ0v) is 16.0. The van der Waals surface area contributed by atoms with Gasteiger partial charge in [0.05, 0.1) is 17.2 Å². The molecule has 0 heterocycles. The highest BCUT2D eigenvalue weighted by Crippen LogP contribution is 2.24. The fraction of sp³-hybridized carbons (Fsp3) is 0.316. The Morgan fingerprint density at radius 2 is 1.62 bits per heavy atom. The third kappa shape index (κ3) is 4.42. The van der Waals surface area contributed by atoms with Crippen LogP contribution >= 0.6 is 0 Å². The van der Waals surface area contributed by atoms with E-state index < -0.39 is 10.0 Å². The Morgan fingerprint density at radius 3 is 2.19 bits per heavy atom. The maximum atomic E-state index is 12.5. The minimum atomic E-state index is -3.53. The first kappa shape index (κ1) is 19.9. The lowest BCUT2D eigenvalue weighted by Gasteiger charge is -2.18. The summed E-state index contributed by atoms with van der Waals surface area (Å²) in [7, 11) is -3.53. The molecule has 0 fully saturated rings. The summed E-state index contributed by atoms with van der Waals surface area (Å²) in [5.41, 5.74) is 0.939. The first-order chi connectivity index (χ1) is 12.4. The number of ether oxygens (including phenoxy) is 1. The summed E-state index contributed by atoms with van der Waals surface area (Å²) in [5, 5.41) is 2.79. The minimum Gasteiger partial charge on any atom is -0.492 e. The van der Waals surface area contributed by atoms with E-state index in [1.54, 1.807) is 32.0 Å². The van der Waals surface area contributed by atoms with Crippen molar-refractivity contribution < 1.29 is 17.9 Å². The molecule has 0 spiro atoms. The second-order valence-electron chi connectivity index (χ2n) is 5.50. The maximum absolute atomic E-state index is 12.5. The van der Waals surface area contributed by atoms with E-state index in [1.807, 2.05) is 13.0 Å². The van der Waals surface area contributed by atoms with Gasteiger partial charge in [-0.2, -0.15) is 4.31 Å². The number of anilines is 1. The largest absolute Gasteiger partial charge is 0.492 e. The Hall–Kier alpha value is -2.38. The molecule has 0 bridgehead atoms. The summed E-state index contributed by atoms with van der Waals surface area (Å²) in [5.74, 6) is 0.257. The molecule has 0 aliphatic rings. The molecule has 1 N–H and O–H groups in total. The van der Waals surface area contributed by atoms with Crippen LogP contribution < -0.4 is 10.1 Å². The molecule has 2 rings (SSSR count). The molecular formula is C19H24N2O4S. The van der Waals surface area contributed by atoms with Gasteiger partial charge in [0.2, 0.25) is 10.0 Å². The van der Waals surface area contributed by atoms with Crippen LogP contribution in [0.4, 0.5) is 5.69 Å². The maximum Gasteiger partial charge on any atom is 0.255 e. The van der Waals surface area contributed by atoms with Gasteiger partial charge in [0.15, 0.2) is 0 Å². The molecule has 2 aromatic rings. The highest BCUT2D eigenvalue weighted by atomic mass is 32.2. The summed E-state index contributed by atoms with van der Waals surface area (Å²) in [4.78, 5) is 12.6. The molecule has 0 radical (unpaired) electrons. The topological polar surface area (TPSA) is 75.7 Å². The van der Waals surface area contributed by atoms with Crippen LogP contribution in [-0.2, 0) is 10.0 Å². The van der Waals surface area contributed by atoms with Gasteiger partial charge in [0, 0.05) is 18.7 Å². The molecule has 6 nitrogen and oxygen atoms in total. The van der Waals surface area contributed by atoms with Crippen molar-refractivity contribution in [2.45, 2.75) is 25.7 Å². The van der Waals surface area contributed by atoms with E-state index in [9.17, 15) is 13.2 Å². The van der Waals surface area contributed by atoms with E-state index in [2.05, 4.69) is 5.32 Å². The van der Waals surface area contributed by atoms with Gasteiger partial charge < -0.3 is 10.1 Å². The monoisotopic (exact) mass is 376 g/mol. The van der Waals surface area contributed by atoms with Crippen LogP contribution in [0, 0.1) is 0 Å². The molecule has 0 saturated carbocycles. The fourth-order valence-electron chi connectivity index (χ4n) is 2.54. The molecule has 0 atom stereocenters. The number of hydrogen-bond acceptors (Lipinski definition) is 4. The van der Waals surface area contributed by atoms with Crippen molar-refractivity contribution in [2.75, 3.05) is 25.0 Å². The number of carbonyl (C=O) groups excluding carboxylic acids is 1. The average Bonchev–Trinajstić information content (AvgIpc) is 2.64. The Morgan fingerprint density at radius 1 is 1.00 bits per heavy atom. The van der Waals surface area contributed by atoms with Gasteiger partial charge in [-0.05, 0) is 43.3 Å². The van der Waals surface area contributed by atoms with Crippen LogP contribution in [-0.4, -0.2) is 38.3 Å². The molecule has 0 saturated heterocycles. The standard InChI is InChI=1S/C19H24N2O4S/c1-4-21(5-2)26(23,24)16-13-11-15(12-14-16)19(22)20-17-9-7-8-10-18(17)25-6-3/h7-14H,4-6H2,1-3H3,(H,20,22). The quantitative estimate of drug-likeness (QED) is 0.766. The van der Waals surface area contributed by atoms with Gasteiger partial charge in [-0.1, -0.05) is 26.0 Å². The van der Waals surface area contributed by atoms with Crippen molar-refractivity contribution in [1.82, 2.24) is 4.31 Å². The lowest BCUT2D eigenvalue weighted by molar-refractivity contribution is 0.102. The summed E-state index contributed by atoms with van der Waals surface area (Å²) in [6.45, 7) is 6.74. The summed E-state index contributed by atoms with van der Waals surface area (Å²) >= 11 is 0. The van der Waals surface area contributed by atoms with Crippen molar-refractivity contribution in [3.63, 3.8) is 0 Å². The molecule has 2 aromatic carbocycles. The van der Waals surface area contributed by atoms with Crippen LogP contribution in [0.1, 0.15) is 31.1 Å². The first-order valence-electron chi connectivity index (χ1n) is 8.57. The Bertz CT molecular complexity index is 844. The van der Waals surface area contributed by atoms with Crippen LogP contribution in [0.2, 0.25) is 0 Å². The Balaban J connectivity index is 2.20. The average molecular weight is 376 g/mol. The zero-order chi connectivity index (χ0) is 19.2. The van der Waals surface area contributed by atoms with E-state index in [4.69, 9.17) is 4.74 Å². The molecule has 1 amide bonds. The number of para-hydroxylation sites is 2. The number of nitrogens with zero attached hydrogens (tertiary/aromatic N) is 1. The molecule has 26 heavy (non-hydrogen) atoms. The molecule has 0 aliphatic heterocycles. The van der Waals surface area contributed by atoms with Gasteiger partial charge in [-0.25, -0.2) is 8.42 Å². The molecular weight excluding hydrogens is 352 g/mol. The van der Waals surface area contributed by atoms with Crippen molar-refractivity contribution in [1.29, 1.82) is 0 Å². The lowest BCUT2D eigenvalue weighted by Crippen LogP contribution is -2.30. The fourth-order valence-corrected chi connectivity index (χ4v) is 3.99. The number of rotatable bonds is 8. The second-order valence-corrected chi connectivity index (χ2v) is 7.43. The molecule has 140 valence electrons. The number of amides is 1. The van der Waals surface area contributed by atoms with Gasteiger partial charge in [-0.15, -0.1) is 0 Å². The number of hydrogen-bond donors (Lipinski definition) is 1. The Kier molecular flexibility index (Phi) is 6.76. The van der Waals surface area contributed by atoms with E-state index >= 15 is 0 Å². The van der Waals surface area contributed by atoms with Crippen LogP contribution in [0.3, 0.4) is 0 Å². The predicted octanol–water partition coefficient (Wildman–Crippen LogP) is 3.37. The number of nitrogens with one attached hydrogen (secondary N) is 1. The molecule has 0 unspecified atom stereocenters. The molecule has 0 aromatic heterocycles. The van der Waals surface area contributed by atoms with Gasteiger partial charge in [0.1, 0.15) is 5.75 Å². The summed E-state index contributed by atoms with van der Waals surface area (Å²) in [6.07, 6.45) is 0. The minimum absolute atomic E-state index is 0.174. The smallest absolute Gasteiger partial charge is 0.255 e. The molecule has 7 heteroatoms. The van der Waals surface area contributed by atoms with E-state index in [-0.39, 0.29) is 10.8 Å². The highest BCUT2D eigenvalue weighted by Gasteiger charge is 2.21. The SMILES string of the molecule is CCOc1ccccc1NC(=O)c1ccc(S(=O)(=O)N(CC)CC)cc1. The summed E-state index contributed by atoms with van der Waals surface area (Å²) in [6, 6.07) is 13.1. The third-order valence-electron chi connectivity index (χ3n) is 3.89. The Labute approximate surface area is 154 Å². The summed E-state index contributed by atoms with van der Waals surface area (Å²) < 4.78 is 31.8. The van der Waals surface area contributed by atoms with E-state index in [0.29, 0.717) is 36.7 Å². The van der Waals surface area contributed by atoms with Gasteiger partial charge >= 0.3 is 0 Å². The van der Waals surface area contributed by atoms with Crippen molar-refractivity contribution in [3.8, 4) is 5.75 Å². The van der Waals surface area contributed by atoms with Crippen molar-refractivity contribution >= 4 is 21.6 Å². The van der Waals surface area contributed by atoms with Crippen LogP contribution in [0.15, 0.2) is 53.4 Å². The van der Waals surface area contributed by atoms with Crippen LogP contribution in [0.5, 0.6) is 5.75 Å². The van der Waals surface area contributed by atoms with Crippen molar-refractivity contribution in [2.24, 2.45) is 0 Å². The third-order valence-corrected chi connectivity index (χ3v) is 5.96. The normalized spacial score (nSPS) is 11.4. The van der Waals surface area contributed by atoms with Crippen molar-refractivity contribution in [3.05, 3.63) is 54.1 Å². The molecule has 0 aliphatic carbocycles. The van der Waals surface area contributed by atoms with E-state index in [0.717, 1.165) is 0 Å². The number of sulfonamides is 1. The predicted molar refractivity (Wildman–Crippen MR) is 102 cm³/mol. The van der Waals surface area contributed by atoms with E-state index in [1.165, 1.54) is 28.6 Å². The van der Waals surface area contributed by atoms with Gasteiger partial charge in [0.25, 0.3) is 5.91 Å². The second kappa shape index (κ2) is 8.82. The van der Waals surface area contributed by atoms with Gasteiger partial charge in [-0.3, -0.25) is 4.79 Å². The lowest BCUT2D eigenvalue weighted by atomic mass is 10.2. The first-order valence-corrected chi connectivity index (χ1v) is 10.0. The highest BCUT2D eigenvalue weighted by molar-refractivity contribution is 7.89. The van der Waals surface area contributed by atoms with Crippen LogP contribution in [0.25, 0.3) is 0 Å². The number of carbonyl (C=O) groups is 1.